The minimum absolute atomic E-state index is 0.153. The normalized spacial score (nSPS) is 11.6. The number of carbonyl (C=O) groups is 1. The van der Waals surface area contributed by atoms with Gasteiger partial charge >= 0.3 is 0 Å². The molecule has 3 aromatic rings. The standard InChI is InChI=1S/C24H27FN2O4S/c1-3-14-27(32(29,30)23-12-6-19(2)7-13-23)18-24(28)26(17-22-5-4-15-31-22)16-20-8-10-21(25)11-9-20/h4-13,15H,3,14,16-18H2,1-2H3. The maximum Gasteiger partial charge on any atom is 0.243 e. The van der Waals surface area contributed by atoms with E-state index < -0.39 is 10.0 Å². The van der Waals surface area contributed by atoms with Gasteiger partial charge < -0.3 is 9.32 Å². The summed E-state index contributed by atoms with van der Waals surface area (Å²) in [6, 6.07) is 15.9. The van der Waals surface area contributed by atoms with Crippen molar-refractivity contribution in [1.82, 2.24) is 9.21 Å². The molecule has 0 aliphatic rings. The first kappa shape index (κ1) is 23.7. The van der Waals surface area contributed by atoms with Gasteiger partial charge in [0.05, 0.1) is 24.2 Å². The smallest absolute Gasteiger partial charge is 0.243 e. The Morgan fingerprint density at radius 3 is 2.28 bits per heavy atom. The Labute approximate surface area is 188 Å². The van der Waals surface area contributed by atoms with E-state index in [0.717, 1.165) is 11.1 Å². The van der Waals surface area contributed by atoms with E-state index in [1.165, 1.54) is 27.6 Å². The minimum atomic E-state index is -3.84. The van der Waals surface area contributed by atoms with Crippen LogP contribution in [0.4, 0.5) is 4.39 Å². The zero-order chi connectivity index (χ0) is 23.1. The predicted octanol–water partition coefficient (Wildman–Crippen LogP) is 4.36. The van der Waals surface area contributed by atoms with Crippen LogP contribution in [0.2, 0.25) is 0 Å². The third-order valence-electron chi connectivity index (χ3n) is 5.01. The van der Waals surface area contributed by atoms with Crippen LogP contribution >= 0.6 is 0 Å². The van der Waals surface area contributed by atoms with Gasteiger partial charge in [0.15, 0.2) is 0 Å². The Balaban J connectivity index is 1.83. The molecule has 0 saturated carbocycles. The molecule has 0 spiro atoms. The van der Waals surface area contributed by atoms with Crippen molar-refractivity contribution in [3.63, 3.8) is 0 Å². The van der Waals surface area contributed by atoms with E-state index >= 15 is 0 Å². The Morgan fingerprint density at radius 2 is 1.69 bits per heavy atom. The molecule has 0 N–H and O–H groups in total. The molecule has 3 rings (SSSR count). The van der Waals surface area contributed by atoms with Gasteiger partial charge in [-0.1, -0.05) is 36.8 Å². The van der Waals surface area contributed by atoms with Crippen molar-refractivity contribution in [1.29, 1.82) is 0 Å². The third-order valence-corrected chi connectivity index (χ3v) is 6.87. The van der Waals surface area contributed by atoms with Gasteiger partial charge in [-0.05, 0) is 55.3 Å². The molecule has 0 aliphatic carbocycles. The highest BCUT2D eigenvalue weighted by atomic mass is 32.2. The van der Waals surface area contributed by atoms with E-state index in [0.29, 0.717) is 12.2 Å². The maximum atomic E-state index is 13.3. The van der Waals surface area contributed by atoms with E-state index in [1.54, 1.807) is 48.5 Å². The average molecular weight is 459 g/mol. The van der Waals surface area contributed by atoms with Crippen molar-refractivity contribution in [3.8, 4) is 0 Å². The van der Waals surface area contributed by atoms with Crippen molar-refractivity contribution < 1.29 is 22.0 Å². The summed E-state index contributed by atoms with van der Waals surface area (Å²) in [7, 11) is -3.84. The van der Waals surface area contributed by atoms with Crippen molar-refractivity contribution >= 4 is 15.9 Å². The Bertz CT molecular complexity index is 1110. The molecule has 0 radical (unpaired) electrons. The summed E-state index contributed by atoms with van der Waals surface area (Å²) in [5.74, 6) is -0.158. The van der Waals surface area contributed by atoms with Crippen LogP contribution in [-0.2, 0) is 27.9 Å². The van der Waals surface area contributed by atoms with Gasteiger partial charge in [-0.2, -0.15) is 4.31 Å². The highest BCUT2D eigenvalue weighted by molar-refractivity contribution is 7.89. The zero-order valence-corrected chi connectivity index (χ0v) is 19.0. The third kappa shape index (κ3) is 6.05. The summed E-state index contributed by atoms with van der Waals surface area (Å²) in [5.41, 5.74) is 1.68. The molecule has 0 aliphatic heterocycles. The first-order chi connectivity index (χ1) is 15.3. The summed E-state index contributed by atoms with van der Waals surface area (Å²) < 4.78 is 46.3. The van der Waals surface area contributed by atoms with E-state index in [9.17, 15) is 17.6 Å². The number of rotatable bonds is 10. The van der Waals surface area contributed by atoms with E-state index in [4.69, 9.17) is 4.42 Å². The zero-order valence-electron chi connectivity index (χ0n) is 18.2. The monoisotopic (exact) mass is 458 g/mol. The summed E-state index contributed by atoms with van der Waals surface area (Å²) in [5, 5.41) is 0. The number of aryl methyl sites for hydroxylation is 1. The molecule has 1 aromatic heterocycles. The van der Waals surface area contributed by atoms with Crippen LogP contribution in [0.3, 0.4) is 0 Å². The molecule has 170 valence electrons. The number of benzene rings is 2. The van der Waals surface area contributed by atoms with Gasteiger partial charge in [0.1, 0.15) is 11.6 Å². The Hall–Kier alpha value is -2.97. The van der Waals surface area contributed by atoms with E-state index in [2.05, 4.69) is 0 Å². The number of hydrogen-bond donors (Lipinski definition) is 0. The SMILES string of the molecule is CCCN(CC(=O)N(Cc1ccc(F)cc1)Cc1ccco1)S(=O)(=O)c1ccc(C)cc1. The number of halogens is 1. The molecule has 0 unspecified atom stereocenters. The van der Waals surface area contributed by atoms with Gasteiger partial charge in [0.2, 0.25) is 15.9 Å². The molecular weight excluding hydrogens is 431 g/mol. The van der Waals surface area contributed by atoms with Crippen LogP contribution in [0.25, 0.3) is 0 Å². The lowest BCUT2D eigenvalue weighted by molar-refractivity contribution is -0.133. The second-order valence-electron chi connectivity index (χ2n) is 7.61. The van der Waals surface area contributed by atoms with E-state index in [-0.39, 0.29) is 42.8 Å². The Morgan fingerprint density at radius 1 is 1.00 bits per heavy atom. The van der Waals surface area contributed by atoms with Crippen LogP contribution < -0.4 is 0 Å². The van der Waals surface area contributed by atoms with E-state index in [1.807, 2.05) is 13.8 Å². The highest BCUT2D eigenvalue weighted by Crippen LogP contribution is 2.18. The number of amides is 1. The molecule has 0 bridgehead atoms. The number of carbonyl (C=O) groups excluding carboxylic acids is 1. The fourth-order valence-corrected chi connectivity index (χ4v) is 4.76. The summed E-state index contributed by atoms with van der Waals surface area (Å²) >= 11 is 0. The number of sulfonamides is 1. The molecule has 0 fully saturated rings. The topological polar surface area (TPSA) is 70.8 Å². The summed E-state index contributed by atoms with van der Waals surface area (Å²) in [6.45, 7) is 4.03. The van der Waals surface area contributed by atoms with Crippen LogP contribution in [0.1, 0.15) is 30.2 Å². The predicted molar refractivity (Wildman–Crippen MR) is 120 cm³/mol. The Kier molecular flexibility index (Phi) is 7.82. The minimum Gasteiger partial charge on any atom is -0.467 e. The van der Waals surface area contributed by atoms with Gasteiger partial charge in [-0.15, -0.1) is 0 Å². The van der Waals surface area contributed by atoms with Crippen LogP contribution in [0, 0.1) is 12.7 Å². The number of furan rings is 1. The van der Waals surface area contributed by atoms with Gasteiger partial charge in [-0.25, -0.2) is 12.8 Å². The van der Waals surface area contributed by atoms with Gasteiger partial charge in [-0.3, -0.25) is 4.79 Å². The molecule has 2 aromatic carbocycles. The second kappa shape index (κ2) is 10.6. The largest absolute Gasteiger partial charge is 0.467 e. The fourth-order valence-electron chi connectivity index (χ4n) is 3.28. The van der Waals surface area contributed by atoms with Gasteiger partial charge in [0, 0.05) is 13.1 Å². The first-order valence-corrected chi connectivity index (χ1v) is 11.8. The lowest BCUT2D eigenvalue weighted by Gasteiger charge is -2.27. The van der Waals surface area contributed by atoms with Crippen LogP contribution in [0.15, 0.2) is 76.2 Å². The van der Waals surface area contributed by atoms with Crippen molar-refractivity contribution in [2.24, 2.45) is 0 Å². The molecule has 8 heteroatoms. The molecule has 0 atom stereocenters. The average Bonchev–Trinajstić information content (AvgIpc) is 3.28. The number of nitrogens with zero attached hydrogens (tertiary/aromatic N) is 2. The molecule has 6 nitrogen and oxygen atoms in total. The number of hydrogen-bond acceptors (Lipinski definition) is 4. The summed E-state index contributed by atoms with van der Waals surface area (Å²) in [6.07, 6.45) is 2.08. The summed E-state index contributed by atoms with van der Waals surface area (Å²) in [4.78, 5) is 14.9. The maximum absolute atomic E-state index is 13.3. The lowest BCUT2D eigenvalue weighted by Crippen LogP contribution is -2.42. The highest BCUT2D eigenvalue weighted by Gasteiger charge is 2.28. The van der Waals surface area contributed by atoms with Crippen molar-refractivity contribution in [2.45, 2.75) is 38.3 Å². The molecule has 32 heavy (non-hydrogen) atoms. The van der Waals surface area contributed by atoms with Gasteiger partial charge in [0.25, 0.3) is 0 Å². The lowest BCUT2D eigenvalue weighted by atomic mass is 10.2. The quantitative estimate of drug-likeness (QED) is 0.453. The molecular formula is C24H27FN2O4S. The second-order valence-corrected chi connectivity index (χ2v) is 9.55. The van der Waals surface area contributed by atoms with Crippen molar-refractivity contribution in [2.75, 3.05) is 13.1 Å². The van der Waals surface area contributed by atoms with Crippen molar-refractivity contribution in [3.05, 3.63) is 89.6 Å². The fraction of sp³-hybridized carbons (Fsp3) is 0.292. The molecule has 1 heterocycles. The molecule has 1 amide bonds. The molecule has 0 saturated heterocycles. The van der Waals surface area contributed by atoms with Crippen LogP contribution in [-0.4, -0.2) is 36.6 Å². The van der Waals surface area contributed by atoms with Crippen LogP contribution in [0.5, 0.6) is 0 Å². The first-order valence-electron chi connectivity index (χ1n) is 10.4.